The Morgan fingerprint density at radius 3 is 2.47 bits per heavy atom. The van der Waals surface area contributed by atoms with Gasteiger partial charge >= 0.3 is 0 Å². The molecule has 0 aliphatic heterocycles. The number of hydrogen-bond donors (Lipinski definition) is 2. The first-order valence-electron chi connectivity index (χ1n) is 5.73. The Hall–Kier alpha value is -0.130. The minimum Gasteiger partial charge on any atom is -0.329 e. The minimum atomic E-state index is -3.12. The van der Waals surface area contributed by atoms with Crippen LogP contribution in [-0.4, -0.2) is 26.8 Å². The zero-order chi connectivity index (χ0) is 11.3. The van der Waals surface area contributed by atoms with Gasteiger partial charge in [-0.25, -0.2) is 13.1 Å². The van der Waals surface area contributed by atoms with Crippen molar-refractivity contribution in [3.05, 3.63) is 0 Å². The van der Waals surface area contributed by atoms with E-state index in [2.05, 4.69) is 4.72 Å². The molecule has 1 aliphatic rings. The van der Waals surface area contributed by atoms with Crippen molar-refractivity contribution in [1.29, 1.82) is 0 Å². The van der Waals surface area contributed by atoms with Crippen molar-refractivity contribution in [3.8, 4) is 0 Å². The highest BCUT2D eigenvalue weighted by molar-refractivity contribution is 7.89. The second-order valence-electron chi connectivity index (χ2n) is 4.54. The van der Waals surface area contributed by atoms with Gasteiger partial charge in [-0.15, -0.1) is 0 Å². The van der Waals surface area contributed by atoms with E-state index < -0.39 is 10.0 Å². The van der Waals surface area contributed by atoms with Crippen molar-refractivity contribution >= 4 is 10.0 Å². The summed E-state index contributed by atoms with van der Waals surface area (Å²) in [4.78, 5) is 0. The lowest BCUT2D eigenvalue weighted by atomic mass is 9.91. The quantitative estimate of drug-likeness (QED) is 0.740. The molecule has 0 aromatic carbocycles. The zero-order valence-corrected chi connectivity index (χ0v) is 10.2. The molecule has 0 amide bonds. The average molecular weight is 234 g/mol. The molecular formula is C10H22N2O2S. The first-order valence-corrected chi connectivity index (χ1v) is 7.39. The summed E-state index contributed by atoms with van der Waals surface area (Å²) in [5.41, 5.74) is 5.39. The van der Waals surface area contributed by atoms with E-state index in [0.29, 0.717) is 12.5 Å². The van der Waals surface area contributed by atoms with Crippen molar-refractivity contribution < 1.29 is 8.42 Å². The van der Waals surface area contributed by atoms with Crippen LogP contribution in [0.5, 0.6) is 0 Å². The second kappa shape index (κ2) is 5.82. The number of nitrogens with two attached hydrogens (primary N) is 1. The van der Waals surface area contributed by atoms with E-state index in [1.54, 1.807) is 6.92 Å². The van der Waals surface area contributed by atoms with Crippen LogP contribution in [0.1, 0.15) is 39.0 Å². The van der Waals surface area contributed by atoms with Gasteiger partial charge in [-0.3, -0.25) is 0 Å². The third-order valence-corrected chi connectivity index (χ3v) is 4.59. The second-order valence-corrected chi connectivity index (χ2v) is 6.34. The number of nitrogens with one attached hydrogen (secondary N) is 1. The highest BCUT2D eigenvalue weighted by Gasteiger charge is 2.22. The third kappa shape index (κ3) is 4.95. The molecule has 1 rings (SSSR count). The molecule has 0 heterocycles. The smallest absolute Gasteiger partial charge is 0.212 e. The maximum Gasteiger partial charge on any atom is 0.212 e. The van der Waals surface area contributed by atoms with Crippen LogP contribution in [0.15, 0.2) is 0 Å². The SMILES string of the molecule is CC(CN)NS(=O)(=O)CC1CCCCC1. The molecule has 0 radical (unpaired) electrons. The van der Waals surface area contributed by atoms with Crippen LogP contribution in [0.2, 0.25) is 0 Å². The first kappa shape index (κ1) is 12.9. The Morgan fingerprint density at radius 1 is 1.33 bits per heavy atom. The Labute approximate surface area is 92.7 Å². The molecule has 1 atom stereocenters. The van der Waals surface area contributed by atoms with E-state index >= 15 is 0 Å². The number of rotatable bonds is 5. The summed E-state index contributed by atoms with van der Waals surface area (Å²) in [6.45, 7) is 2.14. The topological polar surface area (TPSA) is 72.2 Å². The number of sulfonamides is 1. The molecule has 1 aliphatic carbocycles. The van der Waals surface area contributed by atoms with Crippen LogP contribution in [-0.2, 0) is 10.0 Å². The van der Waals surface area contributed by atoms with Crippen molar-refractivity contribution in [2.75, 3.05) is 12.3 Å². The summed E-state index contributed by atoms with van der Waals surface area (Å²) in [6.07, 6.45) is 5.71. The highest BCUT2D eigenvalue weighted by Crippen LogP contribution is 2.24. The monoisotopic (exact) mass is 234 g/mol. The molecule has 0 spiro atoms. The maximum atomic E-state index is 11.7. The average Bonchev–Trinajstić information content (AvgIpc) is 2.17. The van der Waals surface area contributed by atoms with Crippen LogP contribution in [0, 0.1) is 5.92 Å². The van der Waals surface area contributed by atoms with E-state index in [4.69, 9.17) is 5.73 Å². The van der Waals surface area contributed by atoms with Crippen LogP contribution in [0.4, 0.5) is 0 Å². The summed E-state index contributed by atoms with van der Waals surface area (Å²) in [7, 11) is -3.12. The Morgan fingerprint density at radius 2 is 1.93 bits per heavy atom. The molecule has 0 saturated heterocycles. The molecule has 0 aromatic rings. The third-order valence-electron chi connectivity index (χ3n) is 2.91. The molecule has 0 bridgehead atoms. The molecular weight excluding hydrogens is 212 g/mol. The molecule has 15 heavy (non-hydrogen) atoms. The fourth-order valence-electron chi connectivity index (χ4n) is 2.07. The molecule has 1 unspecified atom stereocenters. The lowest BCUT2D eigenvalue weighted by molar-refractivity contribution is 0.383. The molecule has 1 saturated carbocycles. The molecule has 1 fully saturated rings. The summed E-state index contributed by atoms with van der Waals surface area (Å²) in [5, 5.41) is 0. The van der Waals surface area contributed by atoms with E-state index in [-0.39, 0.29) is 11.8 Å². The van der Waals surface area contributed by atoms with Gasteiger partial charge in [0.15, 0.2) is 0 Å². The van der Waals surface area contributed by atoms with Gasteiger partial charge < -0.3 is 5.73 Å². The number of hydrogen-bond acceptors (Lipinski definition) is 3. The molecule has 4 nitrogen and oxygen atoms in total. The predicted molar refractivity (Wildman–Crippen MR) is 62.0 cm³/mol. The van der Waals surface area contributed by atoms with Gasteiger partial charge in [-0.2, -0.15) is 0 Å². The first-order chi connectivity index (χ1) is 7.03. The summed E-state index contributed by atoms with van der Waals surface area (Å²) >= 11 is 0. The molecule has 3 N–H and O–H groups in total. The van der Waals surface area contributed by atoms with Gasteiger partial charge in [0.2, 0.25) is 10.0 Å². The van der Waals surface area contributed by atoms with Crippen LogP contribution < -0.4 is 10.5 Å². The van der Waals surface area contributed by atoms with Gasteiger partial charge in [-0.1, -0.05) is 19.3 Å². The van der Waals surface area contributed by atoms with Gasteiger partial charge in [0.05, 0.1) is 5.75 Å². The van der Waals surface area contributed by atoms with E-state index in [9.17, 15) is 8.42 Å². The van der Waals surface area contributed by atoms with Gasteiger partial charge in [0.1, 0.15) is 0 Å². The fraction of sp³-hybridized carbons (Fsp3) is 1.00. The lowest BCUT2D eigenvalue weighted by Crippen LogP contribution is -2.40. The van der Waals surface area contributed by atoms with Crippen molar-refractivity contribution in [1.82, 2.24) is 4.72 Å². The Balaban J connectivity index is 2.40. The lowest BCUT2D eigenvalue weighted by Gasteiger charge is -2.22. The maximum absolute atomic E-state index is 11.7. The van der Waals surface area contributed by atoms with Crippen LogP contribution >= 0.6 is 0 Å². The highest BCUT2D eigenvalue weighted by atomic mass is 32.2. The molecule has 5 heteroatoms. The van der Waals surface area contributed by atoms with Crippen LogP contribution in [0.3, 0.4) is 0 Å². The van der Waals surface area contributed by atoms with Gasteiger partial charge in [0, 0.05) is 12.6 Å². The summed E-state index contributed by atoms with van der Waals surface area (Å²) < 4.78 is 26.0. The van der Waals surface area contributed by atoms with Gasteiger partial charge in [0.25, 0.3) is 0 Å². The largest absolute Gasteiger partial charge is 0.329 e. The Kier molecular flexibility index (Phi) is 5.02. The van der Waals surface area contributed by atoms with Crippen molar-refractivity contribution in [2.24, 2.45) is 11.7 Å². The van der Waals surface area contributed by atoms with E-state index in [0.717, 1.165) is 12.8 Å². The van der Waals surface area contributed by atoms with Crippen molar-refractivity contribution in [2.45, 2.75) is 45.1 Å². The Bertz CT molecular complexity index is 271. The van der Waals surface area contributed by atoms with E-state index in [1.165, 1.54) is 19.3 Å². The summed E-state index contributed by atoms with van der Waals surface area (Å²) in [6, 6.07) is -0.154. The normalized spacial score (nSPS) is 21.5. The molecule has 0 aromatic heterocycles. The standard InChI is InChI=1S/C10H22N2O2S/c1-9(7-11)12-15(13,14)8-10-5-3-2-4-6-10/h9-10,12H,2-8,11H2,1H3. The minimum absolute atomic E-state index is 0.154. The predicted octanol–water partition coefficient (Wildman–Crippen LogP) is 0.833. The van der Waals surface area contributed by atoms with Gasteiger partial charge in [-0.05, 0) is 25.7 Å². The molecule has 90 valence electrons. The van der Waals surface area contributed by atoms with Crippen molar-refractivity contribution in [3.63, 3.8) is 0 Å². The van der Waals surface area contributed by atoms with Crippen LogP contribution in [0.25, 0.3) is 0 Å². The summed E-state index contributed by atoms with van der Waals surface area (Å²) in [5.74, 6) is 0.623. The fourth-order valence-corrected chi connectivity index (χ4v) is 3.83. The van der Waals surface area contributed by atoms with E-state index in [1.807, 2.05) is 0 Å². The zero-order valence-electron chi connectivity index (χ0n) is 9.41.